The highest BCUT2D eigenvalue weighted by atomic mass is 16.4. The Morgan fingerprint density at radius 3 is 2.47 bits per heavy atom. The molecule has 2 saturated carbocycles. The number of carbonyl (C=O) groups excluding carboxylic acids is 2. The summed E-state index contributed by atoms with van der Waals surface area (Å²) in [6, 6.07) is 0. The molecule has 0 spiro atoms. The predicted octanol–water partition coefficient (Wildman–Crippen LogP) is 1.04. The van der Waals surface area contributed by atoms with Crippen LogP contribution in [-0.2, 0) is 14.4 Å². The van der Waals surface area contributed by atoms with Crippen molar-refractivity contribution in [3.05, 3.63) is 0 Å². The van der Waals surface area contributed by atoms with Crippen molar-refractivity contribution in [1.29, 1.82) is 0 Å². The minimum atomic E-state index is -0.932. The fourth-order valence-electron chi connectivity index (χ4n) is 3.28. The number of fused-ring (bicyclic) bond motifs is 2. The van der Waals surface area contributed by atoms with Crippen LogP contribution in [0.2, 0.25) is 0 Å². The average Bonchev–Trinajstić information content (AvgIpc) is 2.42. The van der Waals surface area contributed by atoms with Crippen LogP contribution in [0.4, 0.5) is 0 Å². The first-order valence-corrected chi connectivity index (χ1v) is 5.13. The number of carbonyl (C=O) groups is 3. The standard InChI is InChI=1S/C11H14O4/c1-10-4-3-6(8(14)9(10)15)11(10,2)5-7(12)13/h6H,3-5H2,1-2H3,(H,12,13)/t6-,10+,11-/m1/s1. The van der Waals surface area contributed by atoms with Gasteiger partial charge in [-0.05, 0) is 12.8 Å². The highest BCUT2D eigenvalue weighted by Crippen LogP contribution is 2.63. The van der Waals surface area contributed by atoms with Crippen molar-refractivity contribution in [3.63, 3.8) is 0 Å². The van der Waals surface area contributed by atoms with E-state index < -0.39 is 16.8 Å². The first-order valence-electron chi connectivity index (χ1n) is 5.13. The van der Waals surface area contributed by atoms with E-state index in [-0.39, 0.29) is 23.9 Å². The van der Waals surface area contributed by atoms with Gasteiger partial charge in [0.25, 0.3) is 0 Å². The summed E-state index contributed by atoms with van der Waals surface area (Å²) in [5.41, 5.74) is -1.42. The van der Waals surface area contributed by atoms with Gasteiger partial charge in [-0.15, -0.1) is 0 Å². The molecular weight excluding hydrogens is 196 g/mol. The van der Waals surface area contributed by atoms with Crippen LogP contribution in [0.5, 0.6) is 0 Å². The third-order valence-corrected chi connectivity index (χ3v) is 4.52. The van der Waals surface area contributed by atoms with Crippen molar-refractivity contribution < 1.29 is 19.5 Å². The summed E-state index contributed by atoms with van der Waals surface area (Å²) in [6.07, 6.45) is 1.21. The second-order valence-corrected chi connectivity index (χ2v) is 5.10. The summed E-state index contributed by atoms with van der Waals surface area (Å²) in [6.45, 7) is 3.50. The lowest BCUT2D eigenvalue weighted by Crippen LogP contribution is -2.37. The topological polar surface area (TPSA) is 71.4 Å². The second kappa shape index (κ2) is 2.68. The molecule has 0 heterocycles. The Hall–Kier alpha value is -1.19. The van der Waals surface area contributed by atoms with E-state index in [2.05, 4.69) is 0 Å². The molecule has 1 N–H and O–H groups in total. The lowest BCUT2D eigenvalue weighted by atomic mass is 9.67. The molecule has 0 saturated heterocycles. The quantitative estimate of drug-likeness (QED) is 0.691. The molecular formula is C11H14O4. The van der Waals surface area contributed by atoms with Gasteiger partial charge < -0.3 is 5.11 Å². The zero-order valence-corrected chi connectivity index (χ0v) is 8.87. The molecule has 2 fully saturated rings. The van der Waals surface area contributed by atoms with Crippen LogP contribution in [0.3, 0.4) is 0 Å². The van der Waals surface area contributed by atoms with Gasteiger partial charge in [-0.3, -0.25) is 14.4 Å². The zero-order chi connectivity index (χ0) is 11.4. The Bertz CT molecular complexity index is 373. The van der Waals surface area contributed by atoms with Gasteiger partial charge in [0.1, 0.15) is 0 Å². The molecule has 0 radical (unpaired) electrons. The van der Waals surface area contributed by atoms with E-state index in [4.69, 9.17) is 5.11 Å². The number of aliphatic carboxylic acids is 1. The minimum Gasteiger partial charge on any atom is -0.481 e. The van der Waals surface area contributed by atoms with Gasteiger partial charge in [0.2, 0.25) is 11.6 Å². The van der Waals surface area contributed by atoms with Crippen LogP contribution in [0.1, 0.15) is 33.1 Å². The van der Waals surface area contributed by atoms with Gasteiger partial charge in [-0.2, -0.15) is 0 Å². The van der Waals surface area contributed by atoms with Crippen LogP contribution in [0, 0.1) is 16.7 Å². The number of rotatable bonds is 2. The Balaban J connectivity index is 2.46. The van der Waals surface area contributed by atoms with Gasteiger partial charge in [-0.1, -0.05) is 13.8 Å². The molecule has 2 aliphatic carbocycles. The Labute approximate surface area is 87.7 Å². The van der Waals surface area contributed by atoms with Crippen molar-refractivity contribution in [3.8, 4) is 0 Å². The first-order chi connectivity index (χ1) is 6.83. The smallest absolute Gasteiger partial charge is 0.303 e. The lowest BCUT2D eigenvalue weighted by Gasteiger charge is -2.34. The van der Waals surface area contributed by atoms with Gasteiger partial charge in [0.05, 0.1) is 6.42 Å². The van der Waals surface area contributed by atoms with E-state index in [9.17, 15) is 14.4 Å². The molecule has 2 rings (SSSR count). The molecule has 2 bridgehead atoms. The maximum Gasteiger partial charge on any atom is 0.303 e. The van der Waals surface area contributed by atoms with Crippen molar-refractivity contribution >= 4 is 17.5 Å². The Kier molecular flexibility index (Phi) is 1.85. The van der Waals surface area contributed by atoms with Crippen LogP contribution in [0.25, 0.3) is 0 Å². The van der Waals surface area contributed by atoms with Crippen molar-refractivity contribution in [2.24, 2.45) is 16.7 Å². The largest absolute Gasteiger partial charge is 0.481 e. The van der Waals surface area contributed by atoms with Gasteiger partial charge in [0, 0.05) is 16.7 Å². The van der Waals surface area contributed by atoms with Gasteiger partial charge in [-0.25, -0.2) is 0 Å². The summed E-state index contributed by atoms with van der Waals surface area (Å²) in [5.74, 6) is -2.01. The van der Waals surface area contributed by atoms with Crippen molar-refractivity contribution in [2.75, 3.05) is 0 Å². The first kappa shape index (κ1) is 10.3. The van der Waals surface area contributed by atoms with Crippen LogP contribution in [0.15, 0.2) is 0 Å². The predicted molar refractivity (Wildman–Crippen MR) is 51.2 cm³/mol. The van der Waals surface area contributed by atoms with Crippen molar-refractivity contribution in [1.82, 2.24) is 0 Å². The fraction of sp³-hybridized carbons (Fsp3) is 0.727. The number of carboxylic acid groups (broad SMARTS) is 1. The third-order valence-electron chi connectivity index (χ3n) is 4.52. The van der Waals surface area contributed by atoms with E-state index in [0.29, 0.717) is 12.8 Å². The van der Waals surface area contributed by atoms with E-state index in [0.717, 1.165) is 0 Å². The molecule has 4 nitrogen and oxygen atoms in total. The van der Waals surface area contributed by atoms with E-state index in [1.54, 1.807) is 13.8 Å². The van der Waals surface area contributed by atoms with Crippen LogP contribution >= 0.6 is 0 Å². The van der Waals surface area contributed by atoms with E-state index in [1.807, 2.05) is 0 Å². The highest BCUT2D eigenvalue weighted by molar-refractivity contribution is 6.43. The number of hydrogen-bond acceptors (Lipinski definition) is 3. The maximum absolute atomic E-state index is 11.7. The molecule has 0 aromatic heterocycles. The Morgan fingerprint density at radius 2 is 2.07 bits per heavy atom. The fourth-order valence-corrected chi connectivity index (χ4v) is 3.28. The highest BCUT2D eigenvalue weighted by Gasteiger charge is 2.68. The SMILES string of the molecule is C[C@]12CC[C@H](C(=O)C1=O)[C@@]2(C)CC(=O)O. The Morgan fingerprint density at radius 1 is 1.47 bits per heavy atom. The van der Waals surface area contributed by atoms with Crippen molar-refractivity contribution in [2.45, 2.75) is 33.1 Å². The average molecular weight is 210 g/mol. The monoisotopic (exact) mass is 210 g/mol. The molecule has 0 amide bonds. The molecule has 0 aromatic carbocycles. The minimum absolute atomic E-state index is 0.0916. The molecule has 0 unspecified atom stereocenters. The number of hydrogen-bond donors (Lipinski definition) is 1. The van der Waals surface area contributed by atoms with Crippen LogP contribution < -0.4 is 0 Å². The van der Waals surface area contributed by atoms with Crippen LogP contribution in [-0.4, -0.2) is 22.6 Å². The molecule has 4 heteroatoms. The molecule has 0 aliphatic heterocycles. The van der Waals surface area contributed by atoms with E-state index in [1.165, 1.54) is 0 Å². The molecule has 3 atom stereocenters. The summed E-state index contributed by atoms with van der Waals surface area (Å²) in [5, 5.41) is 8.87. The molecule has 2 aliphatic rings. The third kappa shape index (κ3) is 0.994. The normalized spacial score (nSPS) is 43.7. The summed E-state index contributed by atoms with van der Waals surface area (Å²) in [4.78, 5) is 34.2. The van der Waals surface area contributed by atoms with Gasteiger partial charge >= 0.3 is 5.97 Å². The number of Topliss-reactive ketones (excluding diaryl/α,β-unsaturated/α-hetero) is 2. The number of ketones is 2. The summed E-state index contributed by atoms with van der Waals surface area (Å²) < 4.78 is 0. The lowest BCUT2D eigenvalue weighted by molar-refractivity contribution is -0.143. The van der Waals surface area contributed by atoms with E-state index >= 15 is 0 Å². The molecule has 15 heavy (non-hydrogen) atoms. The molecule has 0 aromatic rings. The zero-order valence-electron chi connectivity index (χ0n) is 8.87. The maximum atomic E-state index is 11.7. The second-order valence-electron chi connectivity index (χ2n) is 5.10. The molecule has 82 valence electrons. The number of carboxylic acids is 1. The van der Waals surface area contributed by atoms with Gasteiger partial charge in [0.15, 0.2) is 0 Å². The summed E-state index contributed by atoms with van der Waals surface area (Å²) >= 11 is 0. The summed E-state index contributed by atoms with van der Waals surface area (Å²) in [7, 11) is 0.